The van der Waals surface area contributed by atoms with E-state index in [1.54, 1.807) is 12.1 Å². The Kier molecular flexibility index (Phi) is 7.32. The van der Waals surface area contributed by atoms with E-state index in [1.165, 1.54) is 19.2 Å². The van der Waals surface area contributed by atoms with E-state index in [9.17, 15) is 22.0 Å². The molecule has 0 unspecified atom stereocenters. The maximum absolute atomic E-state index is 14.4. The molecule has 5 nitrogen and oxygen atoms in total. The highest BCUT2D eigenvalue weighted by atomic mass is 32.1. The van der Waals surface area contributed by atoms with Crippen LogP contribution in [0, 0.1) is 11.6 Å². The van der Waals surface area contributed by atoms with E-state index in [2.05, 4.69) is 4.37 Å². The second kappa shape index (κ2) is 9.80. The van der Waals surface area contributed by atoms with Crippen molar-refractivity contribution in [3.8, 4) is 22.8 Å². The van der Waals surface area contributed by atoms with Gasteiger partial charge in [-0.05, 0) is 47.8 Å². The molecule has 0 fully saturated rings. The third kappa shape index (κ3) is 5.53. The SMILES string of the molecule is COc1cccc(-c2nsc(C(F)(F)F)c2COc2c(F)cc(CCC(O)O)cc2F)c1. The molecule has 3 aromatic rings. The van der Waals surface area contributed by atoms with Crippen LogP contribution < -0.4 is 9.47 Å². The molecular weight excluding hydrogens is 457 g/mol. The summed E-state index contributed by atoms with van der Waals surface area (Å²) in [7, 11) is 1.40. The van der Waals surface area contributed by atoms with Crippen molar-refractivity contribution in [1.29, 1.82) is 0 Å². The molecule has 11 heteroatoms. The monoisotopic (exact) mass is 475 g/mol. The lowest BCUT2D eigenvalue weighted by molar-refractivity contribution is -0.135. The fourth-order valence-corrected chi connectivity index (χ4v) is 3.77. The maximum Gasteiger partial charge on any atom is 0.427 e. The van der Waals surface area contributed by atoms with Gasteiger partial charge in [0.2, 0.25) is 0 Å². The van der Waals surface area contributed by atoms with Crippen molar-refractivity contribution in [3.63, 3.8) is 0 Å². The predicted molar refractivity (Wildman–Crippen MR) is 106 cm³/mol. The normalized spacial score (nSPS) is 11.8. The number of alkyl halides is 3. The van der Waals surface area contributed by atoms with Gasteiger partial charge in [0.15, 0.2) is 23.7 Å². The van der Waals surface area contributed by atoms with Crippen LogP contribution in [0.3, 0.4) is 0 Å². The number of aliphatic hydroxyl groups excluding tert-OH is 1. The molecule has 2 aromatic carbocycles. The molecule has 0 atom stereocenters. The van der Waals surface area contributed by atoms with Gasteiger partial charge >= 0.3 is 6.18 Å². The maximum atomic E-state index is 14.4. The van der Waals surface area contributed by atoms with Crippen LogP contribution in [-0.2, 0) is 19.2 Å². The van der Waals surface area contributed by atoms with Crippen molar-refractivity contribution in [2.75, 3.05) is 7.11 Å². The van der Waals surface area contributed by atoms with Gasteiger partial charge in [-0.25, -0.2) is 8.78 Å². The first-order valence-corrected chi connectivity index (χ1v) is 10.0. The van der Waals surface area contributed by atoms with Gasteiger partial charge in [-0.2, -0.15) is 17.5 Å². The molecule has 0 aliphatic rings. The Morgan fingerprint density at radius 3 is 2.38 bits per heavy atom. The topological polar surface area (TPSA) is 71.8 Å². The van der Waals surface area contributed by atoms with E-state index in [0.29, 0.717) is 11.3 Å². The Morgan fingerprint density at radius 1 is 1.09 bits per heavy atom. The number of methoxy groups -OCH3 is 1. The van der Waals surface area contributed by atoms with Crippen molar-refractivity contribution in [3.05, 3.63) is 64.0 Å². The first kappa shape index (κ1) is 23.9. The Bertz CT molecular complexity index is 1060. The smallest absolute Gasteiger partial charge is 0.427 e. The summed E-state index contributed by atoms with van der Waals surface area (Å²) in [5, 5.41) is 17.8. The minimum absolute atomic E-state index is 0.0154. The first-order chi connectivity index (χ1) is 15.1. The molecule has 172 valence electrons. The van der Waals surface area contributed by atoms with Crippen molar-refractivity contribution >= 4 is 11.5 Å². The van der Waals surface area contributed by atoms with Crippen LogP contribution in [0.2, 0.25) is 0 Å². The van der Waals surface area contributed by atoms with Crippen LogP contribution >= 0.6 is 11.5 Å². The molecule has 0 aliphatic carbocycles. The fourth-order valence-electron chi connectivity index (χ4n) is 3.00. The highest BCUT2D eigenvalue weighted by molar-refractivity contribution is 7.06. The van der Waals surface area contributed by atoms with Gasteiger partial charge < -0.3 is 19.7 Å². The predicted octanol–water partition coefficient (Wildman–Crippen LogP) is 4.94. The second-order valence-corrected chi connectivity index (χ2v) is 7.54. The van der Waals surface area contributed by atoms with Crippen LogP contribution in [-0.4, -0.2) is 28.0 Å². The summed E-state index contributed by atoms with van der Waals surface area (Å²) in [4.78, 5) is -1.04. The average Bonchev–Trinajstić information content (AvgIpc) is 3.16. The Balaban J connectivity index is 1.92. The minimum atomic E-state index is -4.74. The average molecular weight is 475 g/mol. The number of benzene rings is 2. The van der Waals surface area contributed by atoms with Crippen LogP contribution in [0.1, 0.15) is 22.4 Å². The molecule has 0 saturated heterocycles. The lowest BCUT2D eigenvalue weighted by atomic mass is 10.1. The number of halogens is 5. The molecule has 32 heavy (non-hydrogen) atoms. The Morgan fingerprint density at radius 2 is 1.78 bits per heavy atom. The summed E-state index contributed by atoms with van der Waals surface area (Å²) in [6.07, 6.45) is -6.53. The number of rotatable bonds is 8. The molecule has 1 aromatic heterocycles. The summed E-state index contributed by atoms with van der Waals surface area (Å²) in [6, 6.07) is 8.07. The minimum Gasteiger partial charge on any atom is -0.497 e. The lowest BCUT2D eigenvalue weighted by Crippen LogP contribution is -2.10. The Labute approximate surface area is 183 Å². The van der Waals surface area contributed by atoms with Gasteiger partial charge in [0.05, 0.1) is 12.8 Å². The third-order valence-electron chi connectivity index (χ3n) is 4.50. The molecule has 2 N–H and O–H groups in total. The molecule has 0 bridgehead atoms. The number of hydrogen-bond donors (Lipinski definition) is 2. The van der Waals surface area contributed by atoms with E-state index >= 15 is 0 Å². The standard InChI is InChI=1S/C21H18F5NO4S/c1-30-13-4-2-3-12(9-13)18-14(20(32-27-18)21(24,25)26)10-31-19-15(22)7-11(8-16(19)23)5-6-17(28)29/h2-4,7-9,17,28-29H,5-6,10H2,1H3. The van der Waals surface area contributed by atoms with Crippen LogP contribution in [0.4, 0.5) is 22.0 Å². The fraction of sp³-hybridized carbons (Fsp3) is 0.286. The molecule has 1 heterocycles. The van der Waals surface area contributed by atoms with E-state index in [1.807, 2.05) is 0 Å². The highest BCUT2D eigenvalue weighted by Gasteiger charge is 2.38. The van der Waals surface area contributed by atoms with Gasteiger partial charge in [0.1, 0.15) is 17.2 Å². The molecule has 0 spiro atoms. The number of aryl methyl sites for hydroxylation is 1. The summed E-state index contributed by atoms with van der Waals surface area (Å²) >= 11 is 0.216. The number of hydrogen-bond acceptors (Lipinski definition) is 6. The quantitative estimate of drug-likeness (QED) is 0.357. The summed E-state index contributed by atoms with van der Waals surface area (Å²) < 4.78 is 83.4. The van der Waals surface area contributed by atoms with Crippen molar-refractivity contribution in [2.45, 2.75) is 31.9 Å². The van der Waals surface area contributed by atoms with Crippen LogP contribution in [0.15, 0.2) is 36.4 Å². The zero-order valence-electron chi connectivity index (χ0n) is 16.6. The zero-order valence-corrected chi connectivity index (χ0v) is 17.4. The van der Waals surface area contributed by atoms with Crippen molar-refractivity contribution in [1.82, 2.24) is 4.37 Å². The van der Waals surface area contributed by atoms with Gasteiger partial charge in [-0.3, -0.25) is 0 Å². The highest BCUT2D eigenvalue weighted by Crippen LogP contribution is 2.41. The molecule has 0 aliphatic heterocycles. The van der Waals surface area contributed by atoms with Gasteiger partial charge in [0, 0.05) is 17.5 Å². The number of nitrogens with zero attached hydrogens (tertiary/aromatic N) is 1. The van der Waals surface area contributed by atoms with Crippen LogP contribution in [0.5, 0.6) is 11.5 Å². The third-order valence-corrected chi connectivity index (χ3v) is 5.43. The van der Waals surface area contributed by atoms with E-state index in [-0.39, 0.29) is 41.2 Å². The van der Waals surface area contributed by atoms with Gasteiger partial charge in [-0.1, -0.05) is 12.1 Å². The number of aliphatic hydroxyl groups is 2. The summed E-state index contributed by atoms with van der Waals surface area (Å²) in [5.74, 6) is -2.68. The number of aromatic nitrogens is 1. The lowest BCUT2D eigenvalue weighted by Gasteiger charge is -2.13. The molecule has 0 radical (unpaired) electrons. The van der Waals surface area contributed by atoms with Crippen molar-refractivity contribution < 1.29 is 41.6 Å². The van der Waals surface area contributed by atoms with Gasteiger partial charge in [-0.15, -0.1) is 0 Å². The molecule has 0 saturated carbocycles. The first-order valence-electron chi connectivity index (χ1n) is 9.27. The summed E-state index contributed by atoms with van der Waals surface area (Å²) in [6.45, 7) is -0.777. The molecule has 0 amide bonds. The zero-order chi connectivity index (χ0) is 23.5. The summed E-state index contributed by atoms with van der Waals surface area (Å²) in [5.41, 5.74) is 0.0804. The van der Waals surface area contributed by atoms with Crippen LogP contribution in [0.25, 0.3) is 11.3 Å². The van der Waals surface area contributed by atoms with E-state index in [4.69, 9.17) is 19.7 Å². The van der Waals surface area contributed by atoms with Gasteiger partial charge in [0.25, 0.3) is 0 Å². The Hall–Kier alpha value is -2.76. The molecular formula is C21H18F5NO4S. The van der Waals surface area contributed by atoms with Crippen molar-refractivity contribution in [2.24, 2.45) is 0 Å². The molecule has 3 rings (SSSR count). The largest absolute Gasteiger partial charge is 0.497 e. The van der Waals surface area contributed by atoms with E-state index < -0.39 is 41.3 Å². The van der Waals surface area contributed by atoms with E-state index in [0.717, 1.165) is 12.1 Å². The number of ether oxygens (including phenoxy) is 2. The second-order valence-electron chi connectivity index (χ2n) is 6.77.